The van der Waals surface area contributed by atoms with Crippen LogP contribution in [-0.2, 0) is 0 Å². The zero-order valence-corrected chi connectivity index (χ0v) is 11.1. The summed E-state index contributed by atoms with van der Waals surface area (Å²) in [7, 11) is 1.49. The molecule has 100 valence electrons. The first kappa shape index (κ1) is 14.9. The number of benzene rings is 1. The molecular weight excluding hydrogens is 257 g/mol. The van der Waals surface area contributed by atoms with Crippen molar-refractivity contribution in [1.82, 2.24) is 5.32 Å². The van der Waals surface area contributed by atoms with Gasteiger partial charge in [0, 0.05) is 12.5 Å². The molecule has 3 nitrogen and oxygen atoms in total. The van der Waals surface area contributed by atoms with Gasteiger partial charge in [0.15, 0.2) is 5.78 Å². The van der Waals surface area contributed by atoms with Crippen LogP contribution in [0.15, 0.2) is 18.2 Å². The van der Waals surface area contributed by atoms with E-state index in [0.717, 1.165) is 19.4 Å². The lowest BCUT2D eigenvalue weighted by Crippen LogP contribution is -2.34. The number of ether oxygens (including phenoxy) is 1. The number of rotatable bonds is 3. The van der Waals surface area contributed by atoms with Crippen molar-refractivity contribution < 1.29 is 13.9 Å². The third-order valence-corrected chi connectivity index (χ3v) is 3.09. The van der Waals surface area contributed by atoms with Crippen LogP contribution in [0.25, 0.3) is 0 Å². The predicted molar refractivity (Wildman–Crippen MR) is 70.1 cm³/mol. The molecule has 18 heavy (non-hydrogen) atoms. The maximum atomic E-state index is 13.2. The SMILES string of the molecule is COc1ccc(F)cc1C(=O)C1CCCNC1.Cl. The second-order valence-corrected chi connectivity index (χ2v) is 4.25. The molecule has 0 saturated carbocycles. The molecule has 1 aromatic rings. The van der Waals surface area contributed by atoms with Crippen LogP contribution in [0.3, 0.4) is 0 Å². The van der Waals surface area contributed by atoms with E-state index >= 15 is 0 Å². The Morgan fingerprint density at radius 1 is 1.50 bits per heavy atom. The third kappa shape index (κ3) is 3.21. The second kappa shape index (κ2) is 6.71. The highest BCUT2D eigenvalue weighted by Gasteiger charge is 2.24. The van der Waals surface area contributed by atoms with Crippen molar-refractivity contribution >= 4 is 18.2 Å². The van der Waals surface area contributed by atoms with E-state index in [1.807, 2.05) is 0 Å². The molecule has 0 aliphatic carbocycles. The van der Waals surface area contributed by atoms with E-state index in [0.29, 0.717) is 17.9 Å². The fourth-order valence-electron chi connectivity index (χ4n) is 2.17. The molecule has 1 aromatic carbocycles. The highest BCUT2D eigenvalue weighted by Crippen LogP contribution is 2.25. The van der Waals surface area contributed by atoms with Crippen molar-refractivity contribution in [2.75, 3.05) is 20.2 Å². The van der Waals surface area contributed by atoms with Gasteiger partial charge in [0.2, 0.25) is 0 Å². The van der Waals surface area contributed by atoms with Gasteiger partial charge in [0.05, 0.1) is 12.7 Å². The first-order chi connectivity index (χ1) is 8.22. The van der Waals surface area contributed by atoms with Crippen molar-refractivity contribution in [2.45, 2.75) is 12.8 Å². The van der Waals surface area contributed by atoms with Crippen molar-refractivity contribution in [3.8, 4) is 5.75 Å². The van der Waals surface area contributed by atoms with E-state index in [-0.39, 0.29) is 24.1 Å². The molecular formula is C13H17ClFNO2. The van der Waals surface area contributed by atoms with Crippen molar-refractivity contribution in [3.63, 3.8) is 0 Å². The molecule has 1 saturated heterocycles. The smallest absolute Gasteiger partial charge is 0.171 e. The van der Waals surface area contributed by atoms with Crippen LogP contribution in [0, 0.1) is 11.7 Å². The highest BCUT2D eigenvalue weighted by molar-refractivity contribution is 6.00. The van der Waals surface area contributed by atoms with E-state index in [4.69, 9.17) is 4.74 Å². The average Bonchev–Trinajstić information content (AvgIpc) is 2.39. The number of hydrogen-bond donors (Lipinski definition) is 1. The van der Waals surface area contributed by atoms with Crippen LogP contribution in [0.2, 0.25) is 0 Å². The van der Waals surface area contributed by atoms with Crippen LogP contribution >= 0.6 is 12.4 Å². The Bertz CT molecular complexity index is 419. The monoisotopic (exact) mass is 273 g/mol. The van der Waals surface area contributed by atoms with Gasteiger partial charge in [-0.15, -0.1) is 12.4 Å². The van der Waals surface area contributed by atoms with Crippen LogP contribution in [0.1, 0.15) is 23.2 Å². The van der Waals surface area contributed by atoms with Crippen molar-refractivity contribution in [2.24, 2.45) is 5.92 Å². The van der Waals surface area contributed by atoms with Crippen molar-refractivity contribution in [1.29, 1.82) is 0 Å². The number of carbonyl (C=O) groups is 1. The van der Waals surface area contributed by atoms with Gasteiger partial charge < -0.3 is 10.1 Å². The number of Topliss-reactive ketones (excluding diaryl/α,β-unsaturated/α-hetero) is 1. The zero-order chi connectivity index (χ0) is 12.3. The van der Waals surface area contributed by atoms with Crippen LogP contribution in [-0.4, -0.2) is 26.0 Å². The van der Waals surface area contributed by atoms with E-state index < -0.39 is 5.82 Å². The summed E-state index contributed by atoms with van der Waals surface area (Å²) < 4.78 is 18.3. The molecule has 0 aromatic heterocycles. The summed E-state index contributed by atoms with van der Waals surface area (Å²) in [4.78, 5) is 12.2. The summed E-state index contributed by atoms with van der Waals surface area (Å²) in [5.41, 5.74) is 0.348. The zero-order valence-electron chi connectivity index (χ0n) is 10.2. The summed E-state index contributed by atoms with van der Waals surface area (Å²) in [6.07, 6.45) is 1.83. The number of nitrogens with one attached hydrogen (secondary N) is 1. The normalized spacial score (nSPS) is 18.9. The first-order valence-corrected chi connectivity index (χ1v) is 5.81. The summed E-state index contributed by atoms with van der Waals surface area (Å²) in [5, 5.41) is 3.18. The maximum Gasteiger partial charge on any atom is 0.171 e. The number of halogens is 2. The first-order valence-electron chi connectivity index (χ1n) is 5.81. The maximum absolute atomic E-state index is 13.2. The molecule has 5 heteroatoms. The van der Waals surface area contributed by atoms with Gasteiger partial charge in [-0.05, 0) is 37.6 Å². The van der Waals surface area contributed by atoms with Crippen molar-refractivity contribution in [3.05, 3.63) is 29.6 Å². The van der Waals surface area contributed by atoms with Gasteiger partial charge >= 0.3 is 0 Å². The Morgan fingerprint density at radius 2 is 2.28 bits per heavy atom. The van der Waals surface area contributed by atoms with Gasteiger partial charge in [-0.3, -0.25) is 4.79 Å². The van der Waals surface area contributed by atoms with Gasteiger partial charge in [-0.2, -0.15) is 0 Å². The van der Waals surface area contributed by atoms with Gasteiger partial charge in [0.25, 0.3) is 0 Å². The molecule has 0 amide bonds. The molecule has 0 bridgehead atoms. The lowest BCUT2D eigenvalue weighted by atomic mass is 9.90. The fraction of sp³-hybridized carbons (Fsp3) is 0.462. The minimum atomic E-state index is -0.405. The van der Waals surface area contributed by atoms with E-state index in [1.165, 1.54) is 25.3 Å². The molecule has 0 radical (unpaired) electrons. The number of piperidine rings is 1. The Hall–Kier alpha value is -1.13. The number of carbonyl (C=O) groups excluding carboxylic acids is 1. The quantitative estimate of drug-likeness (QED) is 0.860. The Morgan fingerprint density at radius 3 is 2.89 bits per heavy atom. The fourth-order valence-corrected chi connectivity index (χ4v) is 2.17. The number of methoxy groups -OCH3 is 1. The average molecular weight is 274 g/mol. The predicted octanol–water partition coefficient (Wildman–Crippen LogP) is 2.44. The van der Waals surface area contributed by atoms with E-state index in [1.54, 1.807) is 0 Å². The molecule has 1 atom stereocenters. The lowest BCUT2D eigenvalue weighted by Gasteiger charge is -2.22. The molecule has 1 fully saturated rings. The number of ketones is 1. The van der Waals surface area contributed by atoms with E-state index in [2.05, 4.69) is 5.32 Å². The van der Waals surface area contributed by atoms with Gasteiger partial charge in [-0.25, -0.2) is 4.39 Å². The minimum Gasteiger partial charge on any atom is -0.496 e. The number of hydrogen-bond acceptors (Lipinski definition) is 3. The molecule has 2 rings (SSSR count). The Labute approximate surface area is 112 Å². The molecule has 1 aliphatic heterocycles. The topological polar surface area (TPSA) is 38.3 Å². The van der Waals surface area contributed by atoms with E-state index in [9.17, 15) is 9.18 Å². The van der Waals surface area contributed by atoms with Gasteiger partial charge in [0.1, 0.15) is 11.6 Å². The molecule has 1 aliphatic rings. The second-order valence-electron chi connectivity index (χ2n) is 4.25. The molecule has 1 unspecified atom stereocenters. The molecule has 0 spiro atoms. The van der Waals surface area contributed by atoms with Crippen LogP contribution in [0.4, 0.5) is 4.39 Å². The van der Waals surface area contributed by atoms with Crippen LogP contribution in [0.5, 0.6) is 5.75 Å². The van der Waals surface area contributed by atoms with Gasteiger partial charge in [-0.1, -0.05) is 0 Å². The molecule has 1 heterocycles. The van der Waals surface area contributed by atoms with Crippen LogP contribution < -0.4 is 10.1 Å². The molecule has 1 N–H and O–H groups in total. The lowest BCUT2D eigenvalue weighted by molar-refractivity contribution is 0.0896. The minimum absolute atomic E-state index is 0. The largest absolute Gasteiger partial charge is 0.496 e. The summed E-state index contributed by atoms with van der Waals surface area (Å²) in [5.74, 6) is -0.0621. The Balaban J connectivity index is 0.00000162. The Kier molecular flexibility index (Phi) is 5.56. The highest BCUT2D eigenvalue weighted by atomic mass is 35.5. The summed E-state index contributed by atoms with van der Waals surface area (Å²) in [6, 6.07) is 4.06. The summed E-state index contributed by atoms with van der Waals surface area (Å²) >= 11 is 0. The summed E-state index contributed by atoms with van der Waals surface area (Å²) in [6.45, 7) is 1.61. The standard InChI is InChI=1S/C13H16FNO2.ClH/c1-17-12-5-4-10(14)7-11(12)13(16)9-3-2-6-15-8-9;/h4-5,7,9,15H,2-3,6,8H2,1H3;1H. The third-order valence-electron chi connectivity index (χ3n) is 3.09.